The molecule has 1 saturated heterocycles. The van der Waals surface area contributed by atoms with Crippen molar-refractivity contribution in [1.82, 2.24) is 4.90 Å². The molecule has 156 valence electrons. The molecule has 2 amide bonds. The molecule has 0 aromatic heterocycles. The van der Waals surface area contributed by atoms with Crippen molar-refractivity contribution < 1.29 is 36.8 Å². The second-order valence-corrected chi connectivity index (χ2v) is 6.84. The Bertz CT molecular complexity index is 1100. The Labute approximate surface area is 165 Å². The number of anilines is 1. The summed E-state index contributed by atoms with van der Waals surface area (Å²) in [4.78, 5) is 35.5. The van der Waals surface area contributed by atoms with Crippen LogP contribution in [0.15, 0.2) is 36.4 Å². The van der Waals surface area contributed by atoms with Crippen molar-refractivity contribution in [3.05, 3.63) is 69.0 Å². The van der Waals surface area contributed by atoms with Gasteiger partial charge in [0.15, 0.2) is 5.60 Å². The largest absolute Gasteiger partial charge is 0.434 e. The van der Waals surface area contributed by atoms with E-state index in [2.05, 4.69) is 5.32 Å². The number of rotatable bonds is 2. The van der Waals surface area contributed by atoms with E-state index in [1.165, 1.54) is 6.07 Å². The third kappa shape index (κ3) is 3.09. The number of halogens is 4. The second-order valence-electron chi connectivity index (χ2n) is 6.84. The molecule has 0 atom stereocenters. The number of nitro benzene ring substituents is 1. The van der Waals surface area contributed by atoms with Crippen LogP contribution < -0.4 is 5.32 Å². The van der Waals surface area contributed by atoms with Gasteiger partial charge in [-0.2, -0.15) is 13.2 Å². The molecule has 2 aliphatic rings. The van der Waals surface area contributed by atoms with Gasteiger partial charge in [0.2, 0.25) is 0 Å². The highest BCUT2D eigenvalue weighted by Gasteiger charge is 2.54. The van der Waals surface area contributed by atoms with E-state index in [1.54, 1.807) is 0 Å². The summed E-state index contributed by atoms with van der Waals surface area (Å²) in [6.07, 6.45) is -5.77. The Morgan fingerprint density at radius 1 is 1.20 bits per heavy atom. The maximum Gasteiger partial charge on any atom is 0.417 e. The summed E-state index contributed by atoms with van der Waals surface area (Å²) in [5.74, 6) is -1.75. The lowest BCUT2D eigenvalue weighted by molar-refractivity contribution is -0.384. The van der Waals surface area contributed by atoms with Crippen LogP contribution in [0.1, 0.15) is 21.5 Å². The van der Waals surface area contributed by atoms with Gasteiger partial charge in [-0.05, 0) is 24.3 Å². The zero-order valence-corrected chi connectivity index (χ0v) is 14.8. The third-order valence-electron chi connectivity index (χ3n) is 4.93. The SMILES string of the molecule is O=C1Nc2ccc(F)cc2C2(CN(C(=O)c3cc([N+](=O)[O-])ccc3C(F)(F)F)C2)O1. The Morgan fingerprint density at radius 2 is 1.90 bits per heavy atom. The number of hydrogen-bond acceptors (Lipinski definition) is 5. The fraction of sp³-hybridized carbons (Fsp3) is 0.222. The number of ether oxygens (including phenoxy) is 1. The summed E-state index contributed by atoms with van der Waals surface area (Å²) in [5, 5.41) is 13.3. The summed E-state index contributed by atoms with van der Waals surface area (Å²) >= 11 is 0. The molecule has 1 spiro atoms. The topological polar surface area (TPSA) is 102 Å². The normalized spacial score (nSPS) is 16.9. The molecule has 2 aromatic carbocycles. The standard InChI is InChI=1S/C18H11F4N3O5/c19-9-1-4-14-13(5-9)17(30-16(27)23-14)7-24(8-17)15(26)11-6-10(25(28)29)2-3-12(11)18(20,21)22/h1-6H,7-8H2,(H,23,27). The first-order chi connectivity index (χ1) is 14.0. The first kappa shape index (κ1) is 19.6. The Kier molecular flexibility index (Phi) is 4.19. The molecule has 2 aromatic rings. The Morgan fingerprint density at radius 3 is 2.53 bits per heavy atom. The molecule has 0 saturated carbocycles. The van der Waals surface area contributed by atoms with E-state index in [9.17, 15) is 37.3 Å². The van der Waals surface area contributed by atoms with E-state index in [0.717, 1.165) is 17.0 Å². The Hall–Kier alpha value is -3.70. The predicted octanol–water partition coefficient (Wildman–Crippen LogP) is 3.67. The van der Waals surface area contributed by atoms with Crippen LogP contribution in [0.4, 0.5) is 33.7 Å². The van der Waals surface area contributed by atoms with Gasteiger partial charge in [-0.3, -0.25) is 20.2 Å². The number of nitro groups is 1. The zero-order chi connectivity index (χ0) is 21.8. The molecule has 4 rings (SSSR count). The van der Waals surface area contributed by atoms with Crippen molar-refractivity contribution >= 4 is 23.4 Å². The molecule has 2 aliphatic heterocycles. The van der Waals surface area contributed by atoms with Gasteiger partial charge in [0, 0.05) is 17.7 Å². The maximum atomic E-state index is 13.7. The first-order valence-electron chi connectivity index (χ1n) is 8.45. The molecule has 0 unspecified atom stereocenters. The minimum absolute atomic E-state index is 0.237. The van der Waals surface area contributed by atoms with Crippen LogP contribution in [0, 0.1) is 15.9 Å². The molecule has 2 heterocycles. The van der Waals surface area contributed by atoms with Gasteiger partial charge in [0.1, 0.15) is 5.82 Å². The van der Waals surface area contributed by atoms with Gasteiger partial charge in [-0.25, -0.2) is 9.18 Å². The first-order valence-corrected chi connectivity index (χ1v) is 8.45. The zero-order valence-electron chi connectivity index (χ0n) is 14.8. The molecule has 0 aliphatic carbocycles. The minimum Gasteiger partial charge on any atom is -0.434 e. The molecule has 1 N–H and O–H groups in total. The third-order valence-corrected chi connectivity index (χ3v) is 4.93. The quantitative estimate of drug-likeness (QED) is 0.450. The second kappa shape index (κ2) is 6.40. The van der Waals surface area contributed by atoms with Crippen molar-refractivity contribution in [3.63, 3.8) is 0 Å². The molecular weight excluding hydrogens is 414 g/mol. The number of hydrogen-bond donors (Lipinski definition) is 1. The summed E-state index contributed by atoms with van der Waals surface area (Å²) in [5.41, 5.74) is -3.83. The summed E-state index contributed by atoms with van der Waals surface area (Å²) < 4.78 is 58.8. The molecule has 0 bridgehead atoms. The molecular formula is C18H11F4N3O5. The van der Waals surface area contributed by atoms with Crippen LogP contribution >= 0.6 is 0 Å². The van der Waals surface area contributed by atoms with Crippen LogP contribution in [0.25, 0.3) is 0 Å². The number of amides is 2. The summed E-state index contributed by atoms with van der Waals surface area (Å²) in [6.45, 7) is -0.675. The number of carbonyl (C=O) groups excluding carboxylic acids is 2. The Balaban J connectivity index is 1.67. The number of carbonyl (C=O) groups is 2. The van der Waals surface area contributed by atoms with Crippen LogP contribution in [0.2, 0.25) is 0 Å². The van der Waals surface area contributed by atoms with Crippen molar-refractivity contribution in [3.8, 4) is 0 Å². The lowest BCUT2D eigenvalue weighted by Crippen LogP contribution is -2.64. The van der Waals surface area contributed by atoms with Crippen LogP contribution in [0.3, 0.4) is 0 Å². The number of likely N-dealkylation sites (tertiary alicyclic amines) is 1. The van der Waals surface area contributed by atoms with Gasteiger partial charge in [-0.15, -0.1) is 0 Å². The van der Waals surface area contributed by atoms with Crippen LogP contribution in [-0.2, 0) is 16.5 Å². The highest BCUT2D eigenvalue weighted by Crippen LogP contribution is 2.44. The fourth-order valence-corrected chi connectivity index (χ4v) is 3.56. The summed E-state index contributed by atoms with van der Waals surface area (Å²) in [7, 11) is 0. The van der Waals surface area contributed by atoms with Gasteiger partial charge < -0.3 is 9.64 Å². The number of alkyl halides is 3. The van der Waals surface area contributed by atoms with E-state index in [-0.39, 0.29) is 24.3 Å². The van der Waals surface area contributed by atoms with Gasteiger partial charge in [0.05, 0.1) is 34.8 Å². The number of benzene rings is 2. The maximum absolute atomic E-state index is 13.7. The van der Waals surface area contributed by atoms with E-state index in [1.807, 2.05) is 0 Å². The molecule has 1 fully saturated rings. The number of nitrogens with one attached hydrogen (secondary N) is 1. The van der Waals surface area contributed by atoms with Crippen molar-refractivity contribution in [1.29, 1.82) is 0 Å². The van der Waals surface area contributed by atoms with E-state index in [4.69, 9.17) is 4.74 Å². The van der Waals surface area contributed by atoms with E-state index >= 15 is 0 Å². The fourth-order valence-electron chi connectivity index (χ4n) is 3.56. The summed E-state index contributed by atoms with van der Waals surface area (Å²) in [6, 6.07) is 5.20. The van der Waals surface area contributed by atoms with Gasteiger partial charge in [-0.1, -0.05) is 0 Å². The predicted molar refractivity (Wildman–Crippen MR) is 92.2 cm³/mol. The van der Waals surface area contributed by atoms with E-state index < -0.39 is 51.3 Å². The number of nitrogens with zero attached hydrogens (tertiary/aromatic N) is 2. The average Bonchev–Trinajstić information content (AvgIpc) is 2.64. The van der Waals surface area contributed by atoms with Gasteiger partial charge in [0.25, 0.3) is 11.6 Å². The smallest absolute Gasteiger partial charge is 0.417 e. The lowest BCUT2D eigenvalue weighted by atomic mass is 9.83. The van der Waals surface area contributed by atoms with Crippen molar-refractivity contribution in [2.75, 3.05) is 18.4 Å². The van der Waals surface area contributed by atoms with Crippen molar-refractivity contribution in [2.45, 2.75) is 11.8 Å². The van der Waals surface area contributed by atoms with Crippen LogP contribution in [-0.4, -0.2) is 34.9 Å². The average molecular weight is 425 g/mol. The highest BCUT2D eigenvalue weighted by atomic mass is 19.4. The van der Waals surface area contributed by atoms with Crippen LogP contribution in [0.5, 0.6) is 0 Å². The lowest BCUT2D eigenvalue weighted by Gasteiger charge is -2.51. The molecule has 30 heavy (non-hydrogen) atoms. The molecule has 12 heteroatoms. The monoisotopic (exact) mass is 425 g/mol. The minimum atomic E-state index is -4.92. The number of non-ortho nitro benzene ring substituents is 1. The highest BCUT2D eigenvalue weighted by molar-refractivity contribution is 5.98. The van der Waals surface area contributed by atoms with Gasteiger partial charge >= 0.3 is 12.3 Å². The van der Waals surface area contributed by atoms with E-state index in [0.29, 0.717) is 18.2 Å². The molecule has 0 radical (unpaired) electrons. The number of fused-ring (bicyclic) bond motifs is 2. The molecule has 8 nitrogen and oxygen atoms in total. The van der Waals surface area contributed by atoms with Crippen molar-refractivity contribution in [2.24, 2.45) is 0 Å².